The zero-order chi connectivity index (χ0) is 19.9. The fourth-order valence-corrected chi connectivity index (χ4v) is 3.92. The van der Waals surface area contributed by atoms with Gasteiger partial charge in [-0.25, -0.2) is 0 Å². The minimum absolute atomic E-state index is 0.244. The Kier molecular flexibility index (Phi) is 4.72. The Bertz CT molecular complexity index is 989. The minimum atomic E-state index is -1.94. The number of amides is 1. The molecule has 2 aliphatic rings. The van der Waals surface area contributed by atoms with Gasteiger partial charge in [-0.3, -0.25) is 9.59 Å². The fourth-order valence-electron chi connectivity index (χ4n) is 3.56. The lowest BCUT2D eigenvalue weighted by atomic mass is 9.88. The minimum Gasteiger partial charge on any atom is -0.486 e. The number of carbonyl (C=O) groups excluding carboxylic acids is 2. The van der Waals surface area contributed by atoms with Crippen LogP contribution in [-0.4, -0.2) is 36.6 Å². The van der Waals surface area contributed by atoms with E-state index in [-0.39, 0.29) is 18.7 Å². The van der Waals surface area contributed by atoms with Crippen LogP contribution in [0.5, 0.6) is 11.5 Å². The van der Waals surface area contributed by atoms with E-state index in [2.05, 4.69) is 22.5 Å². The molecule has 0 unspecified atom stereocenters. The standard InChI is InChI=1S/C21H18BrNO5/c1-2-7-23-16-5-4-14(22)11-15(16)21(26,20(23)25)12-17(24)13-3-6-18-19(10-13)28-9-8-27-18/h2-6,10-11,26H,1,7-9,12H2/t21-/m0/s1. The number of ketones is 1. The topological polar surface area (TPSA) is 76.1 Å². The molecule has 7 heteroatoms. The molecule has 0 radical (unpaired) electrons. The second-order valence-electron chi connectivity index (χ2n) is 6.68. The van der Waals surface area contributed by atoms with Crippen LogP contribution in [0.2, 0.25) is 0 Å². The van der Waals surface area contributed by atoms with E-state index in [0.29, 0.717) is 46.0 Å². The number of fused-ring (bicyclic) bond motifs is 2. The van der Waals surface area contributed by atoms with Crippen LogP contribution in [0.15, 0.2) is 53.5 Å². The maximum absolute atomic E-state index is 13.0. The van der Waals surface area contributed by atoms with Crippen molar-refractivity contribution in [1.29, 1.82) is 0 Å². The number of Topliss-reactive ketones (excluding diaryl/α,β-unsaturated/α-hetero) is 1. The number of ether oxygens (including phenoxy) is 2. The molecule has 1 atom stereocenters. The van der Waals surface area contributed by atoms with Crippen LogP contribution in [0.3, 0.4) is 0 Å². The summed E-state index contributed by atoms with van der Waals surface area (Å²) < 4.78 is 11.7. The molecule has 2 heterocycles. The third-order valence-electron chi connectivity index (χ3n) is 4.89. The molecule has 0 saturated heterocycles. The van der Waals surface area contributed by atoms with Crippen molar-refractivity contribution < 1.29 is 24.2 Å². The molecule has 4 rings (SSSR count). The predicted octanol–water partition coefficient (Wildman–Crippen LogP) is 3.21. The van der Waals surface area contributed by atoms with Gasteiger partial charge in [0, 0.05) is 22.1 Å². The predicted molar refractivity (Wildman–Crippen MR) is 107 cm³/mol. The number of rotatable bonds is 5. The van der Waals surface area contributed by atoms with Gasteiger partial charge in [-0.05, 0) is 36.4 Å². The molecule has 0 spiro atoms. The van der Waals surface area contributed by atoms with Crippen LogP contribution in [0.1, 0.15) is 22.3 Å². The van der Waals surface area contributed by atoms with Gasteiger partial charge in [0.15, 0.2) is 22.9 Å². The van der Waals surface area contributed by atoms with Gasteiger partial charge in [-0.2, -0.15) is 0 Å². The Morgan fingerprint density at radius 3 is 2.71 bits per heavy atom. The number of hydrogen-bond donors (Lipinski definition) is 1. The summed E-state index contributed by atoms with van der Waals surface area (Å²) in [4.78, 5) is 27.4. The number of hydrogen-bond acceptors (Lipinski definition) is 5. The molecule has 0 aliphatic carbocycles. The van der Waals surface area contributed by atoms with E-state index in [1.54, 1.807) is 42.5 Å². The van der Waals surface area contributed by atoms with Gasteiger partial charge in [0.05, 0.1) is 12.1 Å². The molecule has 2 aliphatic heterocycles. The average molecular weight is 444 g/mol. The summed E-state index contributed by atoms with van der Waals surface area (Å²) in [6.07, 6.45) is 1.21. The van der Waals surface area contributed by atoms with Crippen molar-refractivity contribution in [2.75, 3.05) is 24.7 Å². The number of aliphatic hydroxyl groups is 1. The van der Waals surface area contributed by atoms with Gasteiger partial charge in [-0.1, -0.05) is 22.0 Å². The highest BCUT2D eigenvalue weighted by molar-refractivity contribution is 9.10. The summed E-state index contributed by atoms with van der Waals surface area (Å²) in [6.45, 7) is 4.78. The van der Waals surface area contributed by atoms with Crippen LogP contribution in [0.4, 0.5) is 5.69 Å². The Morgan fingerprint density at radius 2 is 1.96 bits per heavy atom. The maximum atomic E-state index is 13.0. The van der Waals surface area contributed by atoms with E-state index >= 15 is 0 Å². The molecule has 1 amide bonds. The summed E-state index contributed by atoms with van der Waals surface area (Å²) in [7, 11) is 0. The molecule has 2 aromatic carbocycles. The highest BCUT2D eigenvalue weighted by Crippen LogP contribution is 2.44. The van der Waals surface area contributed by atoms with Crippen molar-refractivity contribution in [3.05, 3.63) is 64.7 Å². The van der Waals surface area contributed by atoms with E-state index in [1.807, 2.05) is 0 Å². The lowest BCUT2D eigenvalue weighted by molar-refractivity contribution is -0.135. The number of benzene rings is 2. The Balaban J connectivity index is 1.68. The Hall–Kier alpha value is -2.64. The molecule has 2 aromatic rings. The molecule has 28 heavy (non-hydrogen) atoms. The second-order valence-corrected chi connectivity index (χ2v) is 7.60. The van der Waals surface area contributed by atoms with Crippen LogP contribution < -0.4 is 14.4 Å². The third-order valence-corrected chi connectivity index (χ3v) is 5.38. The van der Waals surface area contributed by atoms with Crippen molar-refractivity contribution in [3.63, 3.8) is 0 Å². The summed E-state index contributed by atoms with van der Waals surface area (Å²) in [5.41, 5.74) is -0.610. The van der Waals surface area contributed by atoms with Crippen molar-refractivity contribution in [3.8, 4) is 11.5 Å². The van der Waals surface area contributed by atoms with Crippen molar-refractivity contribution in [1.82, 2.24) is 0 Å². The molecular formula is C21H18BrNO5. The van der Waals surface area contributed by atoms with E-state index in [9.17, 15) is 14.7 Å². The third kappa shape index (κ3) is 3.00. The number of halogens is 1. The first-order valence-electron chi connectivity index (χ1n) is 8.82. The van der Waals surface area contributed by atoms with Gasteiger partial charge in [0.1, 0.15) is 13.2 Å². The monoisotopic (exact) mass is 443 g/mol. The summed E-state index contributed by atoms with van der Waals surface area (Å²) >= 11 is 3.37. The van der Waals surface area contributed by atoms with Crippen LogP contribution >= 0.6 is 15.9 Å². The molecular weight excluding hydrogens is 426 g/mol. The van der Waals surface area contributed by atoms with E-state index < -0.39 is 11.5 Å². The largest absolute Gasteiger partial charge is 0.486 e. The lowest BCUT2D eigenvalue weighted by Gasteiger charge is -2.23. The summed E-state index contributed by atoms with van der Waals surface area (Å²) in [5, 5.41) is 11.3. The first-order valence-corrected chi connectivity index (χ1v) is 9.61. The highest BCUT2D eigenvalue weighted by atomic mass is 79.9. The van der Waals surface area contributed by atoms with Crippen molar-refractivity contribution >= 4 is 33.3 Å². The first-order chi connectivity index (χ1) is 13.4. The van der Waals surface area contributed by atoms with Crippen molar-refractivity contribution in [2.24, 2.45) is 0 Å². The van der Waals surface area contributed by atoms with Gasteiger partial charge in [-0.15, -0.1) is 6.58 Å². The van der Waals surface area contributed by atoms with E-state index in [1.165, 1.54) is 4.90 Å². The lowest BCUT2D eigenvalue weighted by Crippen LogP contribution is -2.41. The van der Waals surface area contributed by atoms with Gasteiger partial charge in [0.2, 0.25) is 0 Å². The average Bonchev–Trinajstić information content (AvgIpc) is 2.89. The SMILES string of the molecule is C=CCN1C(=O)[C@](O)(CC(=O)c2ccc3c(c2)OCCO3)c2cc(Br)ccc21. The fraction of sp³-hybridized carbons (Fsp3) is 0.238. The highest BCUT2D eigenvalue weighted by Gasteiger charge is 2.50. The number of nitrogens with zero attached hydrogens (tertiary/aromatic N) is 1. The van der Waals surface area contributed by atoms with Crippen LogP contribution in [-0.2, 0) is 10.4 Å². The van der Waals surface area contributed by atoms with E-state index in [4.69, 9.17) is 9.47 Å². The zero-order valence-corrected chi connectivity index (χ0v) is 16.6. The quantitative estimate of drug-likeness (QED) is 0.566. The molecule has 0 bridgehead atoms. The van der Waals surface area contributed by atoms with E-state index in [0.717, 1.165) is 0 Å². The molecule has 0 saturated carbocycles. The molecule has 6 nitrogen and oxygen atoms in total. The van der Waals surface area contributed by atoms with Gasteiger partial charge >= 0.3 is 0 Å². The summed E-state index contributed by atoms with van der Waals surface area (Å²) in [6, 6.07) is 10.1. The number of carbonyl (C=O) groups is 2. The Labute approximate surface area is 170 Å². The Morgan fingerprint density at radius 1 is 1.21 bits per heavy atom. The van der Waals surface area contributed by atoms with Crippen molar-refractivity contribution in [2.45, 2.75) is 12.0 Å². The summed E-state index contributed by atoms with van der Waals surface area (Å²) in [5.74, 6) is 0.161. The van der Waals surface area contributed by atoms with Crippen LogP contribution in [0.25, 0.3) is 0 Å². The molecule has 0 aromatic heterocycles. The molecule has 1 N–H and O–H groups in total. The van der Waals surface area contributed by atoms with Crippen LogP contribution in [0, 0.1) is 0 Å². The normalized spacial score (nSPS) is 20.1. The molecule has 0 fully saturated rings. The number of anilines is 1. The second kappa shape index (κ2) is 7.07. The molecule has 144 valence electrons. The smallest absolute Gasteiger partial charge is 0.264 e. The zero-order valence-electron chi connectivity index (χ0n) is 15.0. The van der Waals surface area contributed by atoms with Gasteiger partial charge < -0.3 is 19.5 Å². The maximum Gasteiger partial charge on any atom is 0.264 e. The first kappa shape index (κ1) is 18.7. The van der Waals surface area contributed by atoms with Gasteiger partial charge in [0.25, 0.3) is 5.91 Å².